The molecule has 174 valence electrons. The molecule has 0 radical (unpaired) electrons. The third-order valence-corrected chi connectivity index (χ3v) is 10.2. The summed E-state index contributed by atoms with van der Waals surface area (Å²) in [6.07, 6.45) is 9.78. The van der Waals surface area contributed by atoms with Crippen LogP contribution in [0.1, 0.15) is 65.2 Å². The van der Waals surface area contributed by atoms with Gasteiger partial charge in [-0.15, -0.1) is 6.58 Å². The van der Waals surface area contributed by atoms with Gasteiger partial charge in [0.2, 0.25) is 0 Å². The van der Waals surface area contributed by atoms with E-state index < -0.39 is 24.6 Å². The minimum Gasteiger partial charge on any atom is -0.388 e. The van der Waals surface area contributed by atoms with E-state index in [0.717, 1.165) is 37.0 Å². The van der Waals surface area contributed by atoms with Crippen molar-refractivity contribution in [1.82, 2.24) is 0 Å². The Morgan fingerprint density at radius 1 is 1.06 bits per heavy atom. The maximum atomic E-state index is 10.2. The van der Waals surface area contributed by atoms with Gasteiger partial charge in [-0.3, -0.25) is 0 Å². The number of ether oxygens (including phenoxy) is 2. The highest BCUT2D eigenvalue weighted by Crippen LogP contribution is 2.66. The second-order valence-electron chi connectivity index (χ2n) is 11.5. The van der Waals surface area contributed by atoms with Gasteiger partial charge in [0, 0.05) is 0 Å². The first-order valence-electron chi connectivity index (χ1n) is 12.4. The molecule has 5 aliphatic rings. The van der Waals surface area contributed by atoms with E-state index >= 15 is 0 Å². The van der Waals surface area contributed by atoms with Gasteiger partial charge in [0.1, 0.15) is 18.3 Å². The van der Waals surface area contributed by atoms with Crippen molar-refractivity contribution in [3.05, 3.63) is 24.3 Å². The minimum absolute atomic E-state index is 0.00830. The summed E-state index contributed by atoms with van der Waals surface area (Å²) in [4.78, 5) is 0. The van der Waals surface area contributed by atoms with E-state index in [2.05, 4.69) is 32.6 Å². The van der Waals surface area contributed by atoms with Crippen LogP contribution in [0.25, 0.3) is 0 Å². The lowest BCUT2D eigenvalue weighted by Gasteiger charge is -2.58. The molecule has 5 unspecified atom stereocenters. The van der Waals surface area contributed by atoms with Crippen LogP contribution in [-0.4, -0.2) is 52.6 Å². The zero-order chi connectivity index (χ0) is 22.0. The largest absolute Gasteiger partial charge is 0.388 e. The zero-order valence-electron chi connectivity index (χ0n) is 19.1. The second kappa shape index (κ2) is 7.95. The van der Waals surface area contributed by atoms with Crippen LogP contribution in [0.5, 0.6) is 0 Å². The first kappa shape index (κ1) is 22.1. The number of fused-ring (bicyclic) bond motifs is 5. The van der Waals surface area contributed by atoms with Crippen molar-refractivity contribution in [2.45, 2.75) is 95.9 Å². The molecule has 3 saturated carbocycles. The van der Waals surface area contributed by atoms with Crippen LogP contribution < -0.4 is 0 Å². The van der Waals surface area contributed by atoms with E-state index in [1.807, 2.05) is 0 Å². The summed E-state index contributed by atoms with van der Waals surface area (Å²) in [6, 6.07) is 0. The Bertz CT molecular complexity index is 735. The molecule has 11 atom stereocenters. The lowest BCUT2D eigenvalue weighted by atomic mass is 9.47. The van der Waals surface area contributed by atoms with Gasteiger partial charge in [-0.05, 0) is 85.9 Å². The molecule has 3 N–H and O–H groups in total. The number of rotatable bonds is 3. The van der Waals surface area contributed by atoms with Crippen LogP contribution in [0, 0.1) is 34.5 Å². The van der Waals surface area contributed by atoms with Gasteiger partial charge in [0.15, 0.2) is 6.29 Å². The molecule has 0 aromatic rings. The SMILES string of the molecule is C=C[C@H]1CCC2C3CC=C4C[C@@H](O[C@@H]5OC[C@@H](O)C(O)C5O)CC[C@]4(C)C3CC[C@@]21C. The molecule has 4 aliphatic carbocycles. The van der Waals surface area contributed by atoms with Gasteiger partial charge in [-0.1, -0.05) is 31.6 Å². The maximum Gasteiger partial charge on any atom is 0.186 e. The Labute approximate surface area is 186 Å². The summed E-state index contributed by atoms with van der Waals surface area (Å²) in [5, 5.41) is 29.9. The third kappa shape index (κ3) is 3.38. The maximum absolute atomic E-state index is 10.2. The Morgan fingerprint density at radius 3 is 2.65 bits per heavy atom. The van der Waals surface area contributed by atoms with Gasteiger partial charge >= 0.3 is 0 Å². The summed E-state index contributed by atoms with van der Waals surface area (Å²) in [6.45, 7) is 9.16. The van der Waals surface area contributed by atoms with E-state index in [0.29, 0.717) is 11.3 Å². The highest BCUT2D eigenvalue weighted by atomic mass is 16.7. The summed E-state index contributed by atoms with van der Waals surface area (Å²) in [5.41, 5.74) is 2.21. The van der Waals surface area contributed by atoms with E-state index in [1.165, 1.54) is 37.7 Å². The van der Waals surface area contributed by atoms with E-state index in [1.54, 1.807) is 0 Å². The van der Waals surface area contributed by atoms with Gasteiger partial charge in [-0.25, -0.2) is 0 Å². The van der Waals surface area contributed by atoms with Crippen LogP contribution in [0.3, 0.4) is 0 Å². The van der Waals surface area contributed by atoms with Crippen LogP contribution in [0.15, 0.2) is 24.3 Å². The molecule has 1 heterocycles. The van der Waals surface area contributed by atoms with Gasteiger partial charge in [0.05, 0.1) is 12.7 Å². The Kier molecular flexibility index (Phi) is 5.66. The topological polar surface area (TPSA) is 79.2 Å². The molecule has 31 heavy (non-hydrogen) atoms. The molecule has 1 aliphatic heterocycles. The standard InChI is InChI=1S/C26H40O5/c1-4-15-6-8-19-18-7-5-16-13-17(31-24-23(29)22(28)21(27)14-30-24)9-11-26(16,3)20(18)10-12-25(15,19)2/h4-5,15,17-24,27-29H,1,6-14H2,2-3H3/t15-,17-,18?,19?,20?,21+,22?,23?,24-,25+,26-/m0/s1. The Balaban J connectivity index is 1.29. The fourth-order valence-corrected chi connectivity index (χ4v) is 8.26. The van der Waals surface area contributed by atoms with Crippen LogP contribution in [0.2, 0.25) is 0 Å². The normalized spacial score (nSPS) is 54.4. The fraction of sp³-hybridized carbons (Fsp3) is 0.846. The van der Waals surface area contributed by atoms with Crippen molar-refractivity contribution < 1.29 is 24.8 Å². The molecule has 5 nitrogen and oxygen atoms in total. The molecule has 4 fully saturated rings. The predicted molar refractivity (Wildman–Crippen MR) is 118 cm³/mol. The minimum atomic E-state index is -1.22. The van der Waals surface area contributed by atoms with Crippen molar-refractivity contribution in [1.29, 1.82) is 0 Å². The Hall–Kier alpha value is -0.720. The molecule has 1 saturated heterocycles. The molecule has 5 heteroatoms. The third-order valence-electron chi connectivity index (χ3n) is 10.2. The summed E-state index contributed by atoms with van der Waals surface area (Å²) >= 11 is 0. The average molecular weight is 433 g/mol. The average Bonchev–Trinajstić information content (AvgIpc) is 3.10. The van der Waals surface area contributed by atoms with Gasteiger partial charge in [0.25, 0.3) is 0 Å². The van der Waals surface area contributed by atoms with Crippen molar-refractivity contribution in [3.8, 4) is 0 Å². The first-order valence-corrected chi connectivity index (χ1v) is 12.4. The second-order valence-corrected chi connectivity index (χ2v) is 11.5. The Morgan fingerprint density at radius 2 is 1.87 bits per heavy atom. The molecule has 5 rings (SSSR count). The van der Waals surface area contributed by atoms with Crippen LogP contribution >= 0.6 is 0 Å². The smallest absolute Gasteiger partial charge is 0.186 e. The number of aliphatic hydroxyl groups is 3. The summed E-state index contributed by atoms with van der Waals surface area (Å²) < 4.78 is 11.6. The van der Waals surface area contributed by atoms with Crippen LogP contribution in [0.4, 0.5) is 0 Å². The van der Waals surface area contributed by atoms with Crippen molar-refractivity contribution >= 4 is 0 Å². The predicted octanol–water partition coefficient (Wildman–Crippen LogP) is 3.58. The summed E-state index contributed by atoms with van der Waals surface area (Å²) in [7, 11) is 0. The molecular formula is C26H40O5. The number of hydrogen-bond donors (Lipinski definition) is 3. The highest BCUT2D eigenvalue weighted by molar-refractivity contribution is 5.25. The van der Waals surface area contributed by atoms with Gasteiger partial charge in [-0.2, -0.15) is 0 Å². The van der Waals surface area contributed by atoms with Crippen molar-refractivity contribution in [3.63, 3.8) is 0 Å². The molecule has 0 amide bonds. The summed E-state index contributed by atoms with van der Waals surface area (Å²) in [5.74, 6) is 3.03. The first-order chi connectivity index (χ1) is 14.8. The monoisotopic (exact) mass is 432 g/mol. The van der Waals surface area contributed by atoms with Crippen molar-refractivity contribution in [2.75, 3.05) is 6.61 Å². The molecule has 0 spiro atoms. The number of hydrogen-bond acceptors (Lipinski definition) is 5. The van der Waals surface area contributed by atoms with E-state index in [4.69, 9.17) is 9.47 Å². The lowest BCUT2D eigenvalue weighted by molar-refractivity contribution is -0.284. The highest BCUT2D eigenvalue weighted by Gasteiger charge is 2.58. The number of allylic oxidation sites excluding steroid dienone is 2. The van der Waals surface area contributed by atoms with Gasteiger partial charge < -0.3 is 24.8 Å². The number of aliphatic hydroxyl groups excluding tert-OH is 3. The van der Waals surface area contributed by atoms with E-state index in [-0.39, 0.29) is 18.1 Å². The quantitative estimate of drug-likeness (QED) is 0.594. The van der Waals surface area contributed by atoms with E-state index in [9.17, 15) is 15.3 Å². The lowest BCUT2D eigenvalue weighted by Crippen LogP contribution is -2.55. The molecular weight excluding hydrogens is 392 g/mol. The molecule has 0 aromatic carbocycles. The molecule has 0 bridgehead atoms. The van der Waals surface area contributed by atoms with Crippen molar-refractivity contribution in [2.24, 2.45) is 34.5 Å². The van der Waals surface area contributed by atoms with Crippen LogP contribution in [-0.2, 0) is 9.47 Å². The zero-order valence-corrected chi connectivity index (χ0v) is 19.1. The fourth-order valence-electron chi connectivity index (χ4n) is 8.26. The molecule has 0 aromatic heterocycles.